The van der Waals surface area contributed by atoms with Crippen molar-refractivity contribution in [3.63, 3.8) is 0 Å². The number of thioether (sulfide) groups is 1. The van der Waals surface area contributed by atoms with Gasteiger partial charge in [0.1, 0.15) is 17.3 Å². The van der Waals surface area contributed by atoms with Crippen LogP contribution in [0, 0.1) is 0 Å². The van der Waals surface area contributed by atoms with E-state index in [0.29, 0.717) is 21.8 Å². The number of nitrogens with one attached hydrogen (secondary N) is 1. The molecule has 1 N–H and O–H groups in total. The first kappa shape index (κ1) is 15.1. The molecule has 0 amide bonds. The Kier molecular flexibility index (Phi) is 4.49. The average molecular weight is 335 g/mol. The molecule has 0 saturated heterocycles. The molecule has 3 aromatic rings. The number of benzene rings is 1. The number of aromatic amines is 1. The van der Waals surface area contributed by atoms with Crippen LogP contribution in [0.25, 0.3) is 11.3 Å². The third-order valence-electron chi connectivity index (χ3n) is 3.07. The normalized spacial score (nSPS) is 11.3. The minimum atomic E-state index is 0.337. The molecular weight excluding hydrogens is 320 g/mol. The van der Waals surface area contributed by atoms with Gasteiger partial charge in [0.15, 0.2) is 0 Å². The van der Waals surface area contributed by atoms with Crippen LogP contribution in [0.4, 0.5) is 0 Å². The highest BCUT2D eigenvalue weighted by molar-refractivity contribution is 7.98. The number of rotatable bonds is 5. The highest BCUT2D eigenvalue weighted by Gasteiger charge is 2.10. The molecule has 0 aliphatic heterocycles. The van der Waals surface area contributed by atoms with Crippen LogP contribution in [0.2, 0.25) is 5.02 Å². The van der Waals surface area contributed by atoms with E-state index in [0.717, 1.165) is 22.8 Å². The van der Waals surface area contributed by atoms with Gasteiger partial charge in [0.25, 0.3) is 0 Å². The van der Waals surface area contributed by atoms with Gasteiger partial charge in [-0.25, -0.2) is 4.98 Å². The molecule has 0 radical (unpaired) electrons. The van der Waals surface area contributed by atoms with E-state index in [1.54, 1.807) is 0 Å². The van der Waals surface area contributed by atoms with Crippen molar-refractivity contribution in [2.45, 2.75) is 30.7 Å². The van der Waals surface area contributed by atoms with Crippen molar-refractivity contribution in [3.05, 3.63) is 46.9 Å². The van der Waals surface area contributed by atoms with Crippen LogP contribution in [0.15, 0.2) is 40.0 Å². The van der Waals surface area contributed by atoms with Crippen molar-refractivity contribution in [2.75, 3.05) is 0 Å². The van der Waals surface area contributed by atoms with Crippen molar-refractivity contribution >= 4 is 23.4 Å². The van der Waals surface area contributed by atoms with Gasteiger partial charge in [-0.15, -0.1) is 5.10 Å². The number of nitrogens with zero attached hydrogens (tertiary/aromatic N) is 3. The Morgan fingerprint density at radius 2 is 2.05 bits per heavy atom. The van der Waals surface area contributed by atoms with Crippen molar-refractivity contribution < 1.29 is 4.52 Å². The van der Waals surface area contributed by atoms with Gasteiger partial charge in [-0.3, -0.25) is 5.10 Å². The summed E-state index contributed by atoms with van der Waals surface area (Å²) in [6.45, 7) is 4.15. The third kappa shape index (κ3) is 3.51. The van der Waals surface area contributed by atoms with Gasteiger partial charge < -0.3 is 4.52 Å². The smallest absolute Gasteiger partial charge is 0.208 e. The minimum absolute atomic E-state index is 0.337. The van der Waals surface area contributed by atoms with Crippen LogP contribution >= 0.6 is 23.4 Å². The molecule has 0 saturated carbocycles. The van der Waals surface area contributed by atoms with Crippen LogP contribution in [-0.2, 0) is 5.75 Å². The first-order valence-electron chi connectivity index (χ1n) is 6.88. The van der Waals surface area contributed by atoms with Gasteiger partial charge in [0, 0.05) is 22.6 Å². The zero-order valence-electron chi connectivity index (χ0n) is 12.2. The van der Waals surface area contributed by atoms with Crippen LogP contribution in [0.5, 0.6) is 0 Å². The van der Waals surface area contributed by atoms with E-state index >= 15 is 0 Å². The molecule has 0 atom stereocenters. The summed E-state index contributed by atoms with van der Waals surface area (Å²) < 4.78 is 5.36. The zero-order chi connectivity index (χ0) is 15.5. The third-order valence-corrected chi connectivity index (χ3v) is 4.19. The summed E-state index contributed by atoms with van der Waals surface area (Å²) >= 11 is 7.40. The summed E-state index contributed by atoms with van der Waals surface area (Å²) in [5, 5.41) is 12.6. The van der Waals surface area contributed by atoms with Crippen LogP contribution in [-0.4, -0.2) is 20.3 Å². The predicted octanol–water partition coefficient (Wildman–Crippen LogP) is 4.53. The number of aromatic nitrogens is 4. The van der Waals surface area contributed by atoms with Gasteiger partial charge in [-0.05, 0) is 12.1 Å². The molecule has 0 spiro atoms. The van der Waals surface area contributed by atoms with E-state index in [-0.39, 0.29) is 0 Å². The number of H-pyrrole nitrogens is 1. The summed E-state index contributed by atoms with van der Waals surface area (Å²) in [6, 6.07) is 9.43. The van der Waals surface area contributed by atoms with E-state index in [2.05, 4.69) is 34.2 Å². The highest BCUT2D eigenvalue weighted by atomic mass is 35.5. The largest absolute Gasteiger partial charge is 0.360 e. The van der Waals surface area contributed by atoms with Crippen LogP contribution in [0.1, 0.15) is 31.4 Å². The van der Waals surface area contributed by atoms with E-state index in [1.165, 1.54) is 11.8 Å². The predicted molar refractivity (Wildman–Crippen MR) is 87.0 cm³/mol. The summed E-state index contributed by atoms with van der Waals surface area (Å²) in [5.74, 6) is 2.65. The zero-order valence-corrected chi connectivity index (χ0v) is 13.8. The SMILES string of the molecule is CC(C)c1nc(SCc2cc(-c3ccc(Cl)cc3)no2)n[nH]1. The van der Waals surface area contributed by atoms with Gasteiger partial charge in [-0.2, -0.15) is 0 Å². The molecule has 0 bridgehead atoms. The summed E-state index contributed by atoms with van der Waals surface area (Å²) in [5.41, 5.74) is 1.77. The van der Waals surface area contributed by atoms with Crippen molar-refractivity contribution in [1.82, 2.24) is 20.3 Å². The Morgan fingerprint density at radius 1 is 1.27 bits per heavy atom. The molecule has 2 aromatic heterocycles. The molecular formula is C15H15ClN4OS. The van der Waals surface area contributed by atoms with E-state index in [9.17, 15) is 0 Å². The molecule has 114 valence electrons. The fourth-order valence-corrected chi connectivity index (χ4v) is 2.66. The van der Waals surface area contributed by atoms with Crippen molar-refractivity contribution in [2.24, 2.45) is 0 Å². The summed E-state index contributed by atoms with van der Waals surface area (Å²) in [4.78, 5) is 4.42. The Hall–Kier alpha value is -1.79. The summed E-state index contributed by atoms with van der Waals surface area (Å²) in [7, 11) is 0. The fraction of sp³-hybridized carbons (Fsp3) is 0.267. The van der Waals surface area contributed by atoms with E-state index < -0.39 is 0 Å². The molecule has 0 fully saturated rings. The standard InChI is InChI=1S/C15H15ClN4OS/c1-9(2)14-17-15(19-18-14)22-8-12-7-13(20-21-12)10-3-5-11(16)6-4-10/h3-7,9H,8H2,1-2H3,(H,17,18,19). The monoisotopic (exact) mass is 334 g/mol. The first-order valence-corrected chi connectivity index (χ1v) is 8.25. The number of hydrogen-bond donors (Lipinski definition) is 1. The quantitative estimate of drug-likeness (QED) is 0.694. The Bertz CT molecular complexity index is 751. The average Bonchev–Trinajstić information content (AvgIpc) is 3.15. The number of halogens is 1. The lowest BCUT2D eigenvalue weighted by atomic mass is 10.1. The molecule has 1 aromatic carbocycles. The highest BCUT2D eigenvalue weighted by Crippen LogP contribution is 2.25. The maximum absolute atomic E-state index is 5.88. The molecule has 0 aliphatic rings. The minimum Gasteiger partial charge on any atom is -0.360 e. The lowest BCUT2D eigenvalue weighted by molar-refractivity contribution is 0.397. The van der Waals surface area contributed by atoms with Gasteiger partial charge in [0.05, 0.1) is 5.75 Å². The molecule has 0 aliphatic carbocycles. The molecule has 7 heteroatoms. The molecule has 22 heavy (non-hydrogen) atoms. The lowest BCUT2D eigenvalue weighted by Crippen LogP contribution is -1.89. The molecule has 2 heterocycles. The molecule has 0 unspecified atom stereocenters. The van der Waals surface area contributed by atoms with E-state index in [4.69, 9.17) is 16.1 Å². The van der Waals surface area contributed by atoms with Gasteiger partial charge in [0.2, 0.25) is 5.16 Å². The maximum Gasteiger partial charge on any atom is 0.208 e. The second-order valence-electron chi connectivity index (χ2n) is 5.13. The summed E-state index contributed by atoms with van der Waals surface area (Å²) in [6.07, 6.45) is 0. The Balaban J connectivity index is 1.65. The molecule has 5 nitrogen and oxygen atoms in total. The fourth-order valence-electron chi connectivity index (χ4n) is 1.85. The topological polar surface area (TPSA) is 67.6 Å². The van der Waals surface area contributed by atoms with Crippen LogP contribution in [0.3, 0.4) is 0 Å². The Labute approximate surface area is 137 Å². The first-order chi connectivity index (χ1) is 10.6. The van der Waals surface area contributed by atoms with E-state index in [1.807, 2.05) is 30.3 Å². The second kappa shape index (κ2) is 6.54. The number of hydrogen-bond acceptors (Lipinski definition) is 5. The maximum atomic E-state index is 5.88. The second-order valence-corrected chi connectivity index (χ2v) is 6.51. The molecule has 3 rings (SSSR count). The van der Waals surface area contributed by atoms with Gasteiger partial charge >= 0.3 is 0 Å². The van der Waals surface area contributed by atoms with Crippen LogP contribution < -0.4 is 0 Å². The van der Waals surface area contributed by atoms with Crippen molar-refractivity contribution in [1.29, 1.82) is 0 Å². The van der Waals surface area contributed by atoms with Crippen molar-refractivity contribution in [3.8, 4) is 11.3 Å². The lowest BCUT2D eigenvalue weighted by Gasteiger charge is -1.95. The Morgan fingerprint density at radius 3 is 2.73 bits per heavy atom. The van der Waals surface area contributed by atoms with Gasteiger partial charge in [-0.1, -0.05) is 54.5 Å².